The first-order valence-corrected chi connectivity index (χ1v) is 16.2. The second-order valence-corrected chi connectivity index (χ2v) is 13.2. The normalized spacial score (nSPS) is 19.8. The molecule has 2 aliphatic rings. The molecular formula is C30H43ClN4O6S. The van der Waals surface area contributed by atoms with E-state index in [1.807, 2.05) is 38.1 Å². The Morgan fingerprint density at radius 2 is 1.62 bits per heavy atom. The summed E-state index contributed by atoms with van der Waals surface area (Å²) in [6.45, 7) is 8.33. The van der Waals surface area contributed by atoms with Crippen molar-refractivity contribution in [1.29, 1.82) is 0 Å². The lowest BCUT2D eigenvalue weighted by molar-refractivity contribution is -0.165. The number of nitrogens with zero attached hydrogens (tertiary/aromatic N) is 2. The fraction of sp³-hybridized carbons (Fsp3) is 0.533. The van der Waals surface area contributed by atoms with E-state index in [1.165, 1.54) is 0 Å². The van der Waals surface area contributed by atoms with Gasteiger partial charge in [-0.2, -0.15) is 0 Å². The van der Waals surface area contributed by atoms with Crippen LogP contribution in [0.4, 0.5) is 5.69 Å². The van der Waals surface area contributed by atoms with Gasteiger partial charge in [0.15, 0.2) is 0 Å². The van der Waals surface area contributed by atoms with Gasteiger partial charge in [0.05, 0.1) is 12.4 Å². The first-order chi connectivity index (χ1) is 19.4. The Morgan fingerprint density at radius 1 is 1.05 bits per heavy atom. The van der Waals surface area contributed by atoms with Crippen LogP contribution >= 0.6 is 12.4 Å². The quantitative estimate of drug-likeness (QED) is 0.348. The largest absolute Gasteiger partial charge is 0.457 e. The summed E-state index contributed by atoms with van der Waals surface area (Å²) in [5.41, 5.74) is 0.697. The Labute approximate surface area is 255 Å². The van der Waals surface area contributed by atoms with Gasteiger partial charge in [-0.3, -0.25) is 19.2 Å². The van der Waals surface area contributed by atoms with Gasteiger partial charge in [-0.15, -0.1) is 12.4 Å². The summed E-state index contributed by atoms with van der Waals surface area (Å²) in [5, 5.41) is 13.5. The van der Waals surface area contributed by atoms with Crippen LogP contribution in [-0.2, 0) is 26.2 Å². The number of ether oxygens (including phenoxy) is 1. The Morgan fingerprint density at radius 3 is 2.14 bits per heavy atom. The van der Waals surface area contributed by atoms with Gasteiger partial charge in [0, 0.05) is 31.9 Å². The predicted octanol–water partition coefficient (Wildman–Crippen LogP) is 3.75. The number of likely N-dealkylation sites (tertiary alicyclic amines) is 1. The number of aliphatic hydroxyl groups excluding tert-OH is 1. The molecule has 0 saturated carbocycles. The highest BCUT2D eigenvalue weighted by Crippen LogP contribution is 2.35. The maximum Gasteiger partial charge on any atom is 0.248 e. The van der Waals surface area contributed by atoms with Crippen molar-refractivity contribution in [3.05, 3.63) is 54.1 Å². The summed E-state index contributed by atoms with van der Waals surface area (Å²) in [5.74, 6) is 0.782. The zero-order valence-corrected chi connectivity index (χ0v) is 26.3. The first kappa shape index (κ1) is 33.6. The van der Waals surface area contributed by atoms with Gasteiger partial charge in [0.1, 0.15) is 23.1 Å². The van der Waals surface area contributed by atoms with Crippen molar-refractivity contribution in [3.63, 3.8) is 0 Å². The Kier molecular flexibility index (Phi) is 11.3. The summed E-state index contributed by atoms with van der Waals surface area (Å²) in [7, 11) is -3.34. The minimum absolute atomic E-state index is 0. The smallest absolute Gasteiger partial charge is 0.248 e. The van der Waals surface area contributed by atoms with Crippen molar-refractivity contribution in [2.75, 3.05) is 30.6 Å². The fourth-order valence-corrected chi connectivity index (χ4v) is 6.10. The molecule has 0 bridgehead atoms. The number of carbonyl (C=O) groups excluding carboxylic acids is 2. The SMILES string of the molecule is CCCCN1C(=O)[C@H]([C@@H](O)C(C)C)NC(=O)C12CCN(Cc1ccc(Oc3ccc(NS(C)(=O)=O)cc3)cc1)CC2.Cl. The molecule has 2 saturated heterocycles. The summed E-state index contributed by atoms with van der Waals surface area (Å²) in [6.07, 6.45) is 3.00. The minimum Gasteiger partial charge on any atom is -0.457 e. The molecule has 232 valence electrons. The number of carbonyl (C=O) groups is 2. The number of piperazine rings is 1. The van der Waals surface area contributed by atoms with E-state index in [1.54, 1.807) is 29.2 Å². The van der Waals surface area contributed by atoms with Crippen LogP contribution < -0.4 is 14.8 Å². The molecule has 2 heterocycles. The number of benzene rings is 2. The van der Waals surface area contributed by atoms with Crippen LogP contribution in [0.15, 0.2) is 48.5 Å². The number of piperidine rings is 1. The van der Waals surface area contributed by atoms with E-state index in [-0.39, 0.29) is 30.1 Å². The highest BCUT2D eigenvalue weighted by Gasteiger charge is 2.54. The van der Waals surface area contributed by atoms with Gasteiger partial charge in [-0.1, -0.05) is 39.3 Å². The van der Waals surface area contributed by atoms with Gasteiger partial charge in [0.25, 0.3) is 0 Å². The van der Waals surface area contributed by atoms with Gasteiger partial charge in [-0.05, 0) is 67.1 Å². The second-order valence-electron chi connectivity index (χ2n) is 11.5. The van der Waals surface area contributed by atoms with Crippen molar-refractivity contribution in [2.45, 2.75) is 70.7 Å². The lowest BCUT2D eigenvalue weighted by atomic mass is 9.80. The molecule has 2 aliphatic heterocycles. The molecule has 4 rings (SSSR count). The van der Waals surface area contributed by atoms with E-state index >= 15 is 0 Å². The van der Waals surface area contributed by atoms with Crippen molar-refractivity contribution < 1.29 is 27.9 Å². The third-order valence-corrected chi connectivity index (χ3v) is 8.53. The number of halogens is 1. The van der Waals surface area contributed by atoms with E-state index in [9.17, 15) is 23.1 Å². The van der Waals surface area contributed by atoms with E-state index in [0.717, 1.165) is 24.7 Å². The van der Waals surface area contributed by atoms with Gasteiger partial charge < -0.3 is 20.1 Å². The number of anilines is 1. The molecular weight excluding hydrogens is 580 g/mol. The van der Waals surface area contributed by atoms with Crippen LogP contribution in [0.5, 0.6) is 11.5 Å². The average molecular weight is 623 g/mol. The summed E-state index contributed by atoms with van der Waals surface area (Å²) in [6, 6.07) is 13.6. The molecule has 3 N–H and O–H groups in total. The molecule has 12 heteroatoms. The van der Waals surface area contributed by atoms with Crippen LogP contribution in [0.1, 0.15) is 52.0 Å². The monoisotopic (exact) mass is 622 g/mol. The Hall–Kier alpha value is -2.86. The van der Waals surface area contributed by atoms with Crippen molar-refractivity contribution >= 4 is 39.9 Å². The number of hydrogen-bond donors (Lipinski definition) is 3. The molecule has 2 fully saturated rings. The van der Waals surface area contributed by atoms with Crippen LogP contribution in [0.2, 0.25) is 0 Å². The minimum atomic E-state index is -3.34. The summed E-state index contributed by atoms with van der Waals surface area (Å²) >= 11 is 0. The van der Waals surface area contributed by atoms with E-state index < -0.39 is 27.7 Å². The number of aliphatic hydroxyl groups is 1. The number of unbranched alkanes of at least 4 members (excludes halogenated alkanes) is 1. The third kappa shape index (κ3) is 7.94. The number of rotatable bonds is 11. The highest BCUT2D eigenvalue weighted by molar-refractivity contribution is 7.92. The van der Waals surface area contributed by atoms with Crippen LogP contribution in [0.3, 0.4) is 0 Å². The number of amides is 2. The first-order valence-electron chi connectivity index (χ1n) is 14.3. The lowest BCUT2D eigenvalue weighted by Gasteiger charge is -2.52. The van der Waals surface area contributed by atoms with Gasteiger partial charge >= 0.3 is 0 Å². The number of nitrogens with one attached hydrogen (secondary N) is 2. The Balaban J connectivity index is 0.00000484. The zero-order chi connectivity index (χ0) is 29.8. The predicted molar refractivity (Wildman–Crippen MR) is 165 cm³/mol. The van der Waals surface area contributed by atoms with Crippen molar-refractivity contribution in [2.24, 2.45) is 5.92 Å². The second kappa shape index (κ2) is 14.1. The lowest BCUT2D eigenvalue weighted by Crippen LogP contribution is -2.74. The Bertz CT molecular complexity index is 1310. The van der Waals surface area contributed by atoms with Crippen LogP contribution in [-0.4, -0.2) is 78.7 Å². The summed E-state index contributed by atoms with van der Waals surface area (Å²) in [4.78, 5) is 31.0. The molecule has 2 atom stereocenters. The maximum absolute atomic E-state index is 13.5. The zero-order valence-electron chi connectivity index (χ0n) is 24.7. The molecule has 0 radical (unpaired) electrons. The van der Waals surface area contributed by atoms with E-state index in [0.29, 0.717) is 56.2 Å². The van der Waals surface area contributed by atoms with Gasteiger partial charge in [0.2, 0.25) is 21.8 Å². The van der Waals surface area contributed by atoms with Crippen molar-refractivity contribution in [3.8, 4) is 11.5 Å². The standard InChI is InChI=1S/C30H42N4O6S.ClH/c1-5-6-17-34-28(36)26(27(35)21(2)3)31-29(37)30(34)15-18-33(19-16-30)20-22-7-11-24(12-8-22)40-25-13-9-23(10-14-25)32-41(4,38)39;/h7-14,21,26-27,32,35H,5-6,15-20H2,1-4H3,(H,31,37);1H/t26-,27-;/m0./s1. The van der Waals surface area contributed by atoms with Crippen LogP contribution in [0, 0.1) is 5.92 Å². The highest BCUT2D eigenvalue weighted by atomic mass is 35.5. The number of hydrogen-bond acceptors (Lipinski definition) is 7. The molecule has 2 aromatic rings. The van der Waals surface area contributed by atoms with Gasteiger partial charge in [-0.25, -0.2) is 8.42 Å². The molecule has 2 amide bonds. The maximum atomic E-state index is 13.5. The topological polar surface area (TPSA) is 128 Å². The number of sulfonamides is 1. The molecule has 42 heavy (non-hydrogen) atoms. The van der Waals surface area contributed by atoms with E-state index in [4.69, 9.17) is 4.74 Å². The molecule has 1 spiro atoms. The van der Waals surface area contributed by atoms with Crippen molar-refractivity contribution in [1.82, 2.24) is 15.1 Å². The molecule has 10 nitrogen and oxygen atoms in total. The van der Waals surface area contributed by atoms with E-state index in [2.05, 4.69) is 21.9 Å². The molecule has 0 aromatic heterocycles. The summed E-state index contributed by atoms with van der Waals surface area (Å²) < 4.78 is 31.1. The molecule has 2 aromatic carbocycles. The molecule has 0 aliphatic carbocycles. The third-order valence-electron chi connectivity index (χ3n) is 7.92. The average Bonchev–Trinajstić information content (AvgIpc) is 2.93. The fourth-order valence-electron chi connectivity index (χ4n) is 5.54. The van der Waals surface area contributed by atoms with Crippen LogP contribution in [0.25, 0.3) is 0 Å². The molecule has 0 unspecified atom stereocenters.